The lowest BCUT2D eigenvalue weighted by Crippen LogP contribution is -1.99. The van der Waals surface area contributed by atoms with E-state index in [2.05, 4.69) is 25.5 Å². The molecule has 2 aromatic heterocycles. The van der Waals surface area contributed by atoms with Crippen molar-refractivity contribution in [3.63, 3.8) is 0 Å². The third-order valence-corrected chi connectivity index (χ3v) is 5.37. The second-order valence-corrected chi connectivity index (χ2v) is 7.56. The van der Waals surface area contributed by atoms with Crippen LogP contribution in [0.25, 0.3) is 11.0 Å². The largest absolute Gasteiger partial charge is 0.357 e. The average molecular weight is 338 g/mol. The van der Waals surface area contributed by atoms with Crippen molar-refractivity contribution in [2.45, 2.75) is 29.0 Å². The number of nitrogens with one attached hydrogen (secondary N) is 2. The number of rotatable bonds is 5. The molecule has 1 aliphatic rings. The Balaban J connectivity index is 1.43. The Morgan fingerprint density at radius 3 is 3.14 bits per heavy atom. The Hall–Kier alpha value is -1.31. The Labute approximate surface area is 134 Å². The summed E-state index contributed by atoms with van der Waals surface area (Å²) in [5.74, 6) is 1.66. The van der Waals surface area contributed by atoms with Gasteiger partial charge in [0.2, 0.25) is 5.13 Å². The first kappa shape index (κ1) is 13.4. The van der Waals surface area contributed by atoms with E-state index >= 15 is 0 Å². The van der Waals surface area contributed by atoms with Gasteiger partial charge in [-0.25, -0.2) is 4.98 Å². The number of thioether (sulfide) groups is 1. The number of aromatic amines is 1. The summed E-state index contributed by atoms with van der Waals surface area (Å²) in [5.41, 5.74) is 1.90. The van der Waals surface area contributed by atoms with Crippen LogP contribution in [0.3, 0.4) is 0 Å². The third-order valence-electron chi connectivity index (χ3n) is 3.14. The van der Waals surface area contributed by atoms with Gasteiger partial charge in [0, 0.05) is 11.1 Å². The summed E-state index contributed by atoms with van der Waals surface area (Å²) in [6.07, 6.45) is 2.48. The molecule has 1 aliphatic carbocycles. The highest BCUT2D eigenvalue weighted by Crippen LogP contribution is 2.31. The minimum absolute atomic E-state index is 0.607. The van der Waals surface area contributed by atoms with E-state index in [-0.39, 0.29) is 0 Å². The first-order valence-electron chi connectivity index (χ1n) is 6.63. The molecule has 0 unspecified atom stereocenters. The van der Waals surface area contributed by atoms with E-state index in [9.17, 15) is 0 Å². The lowest BCUT2D eigenvalue weighted by Gasteiger charge is -1.94. The molecule has 4 rings (SSSR count). The molecule has 0 radical (unpaired) electrons. The maximum absolute atomic E-state index is 5.97. The van der Waals surface area contributed by atoms with Gasteiger partial charge >= 0.3 is 0 Å². The van der Waals surface area contributed by atoms with Gasteiger partial charge in [0.05, 0.1) is 16.8 Å². The molecule has 5 nitrogen and oxygen atoms in total. The molecule has 8 heteroatoms. The molecule has 2 N–H and O–H groups in total. The zero-order valence-electron chi connectivity index (χ0n) is 11.0. The molecule has 0 spiro atoms. The van der Waals surface area contributed by atoms with Crippen molar-refractivity contribution in [2.24, 2.45) is 0 Å². The molecule has 0 aliphatic heterocycles. The monoisotopic (exact) mass is 337 g/mol. The minimum atomic E-state index is 0.607. The van der Waals surface area contributed by atoms with Gasteiger partial charge in [-0.05, 0) is 31.0 Å². The zero-order valence-corrected chi connectivity index (χ0v) is 13.4. The van der Waals surface area contributed by atoms with E-state index in [1.807, 2.05) is 18.2 Å². The van der Waals surface area contributed by atoms with Gasteiger partial charge in [0.25, 0.3) is 0 Å². The van der Waals surface area contributed by atoms with Crippen molar-refractivity contribution in [3.8, 4) is 0 Å². The standard InChI is InChI=1S/C13H12ClN5S2/c14-7-1-4-9-10(5-7)17-11(16-9)6-20-13-19-18-12(21-13)15-8-2-3-8/h1,4-5,8H,2-3,6H2,(H,15,18)(H,16,17). The highest BCUT2D eigenvalue weighted by molar-refractivity contribution is 8.00. The topological polar surface area (TPSA) is 66.5 Å². The van der Waals surface area contributed by atoms with Crippen LogP contribution in [0.4, 0.5) is 5.13 Å². The fourth-order valence-electron chi connectivity index (χ4n) is 1.96. The van der Waals surface area contributed by atoms with Gasteiger partial charge in [-0.2, -0.15) is 0 Å². The highest BCUT2D eigenvalue weighted by atomic mass is 35.5. The summed E-state index contributed by atoms with van der Waals surface area (Å²) in [6.45, 7) is 0. The second-order valence-electron chi connectivity index (χ2n) is 4.93. The van der Waals surface area contributed by atoms with Crippen molar-refractivity contribution in [2.75, 3.05) is 5.32 Å². The molecule has 0 atom stereocenters. The summed E-state index contributed by atoms with van der Waals surface area (Å²) < 4.78 is 0.955. The molecule has 3 aromatic rings. The van der Waals surface area contributed by atoms with Crippen molar-refractivity contribution >= 4 is 50.9 Å². The third kappa shape index (κ3) is 3.14. The number of fused-ring (bicyclic) bond motifs is 1. The number of anilines is 1. The molecule has 21 heavy (non-hydrogen) atoms. The fourth-order valence-corrected chi connectivity index (χ4v) is 3.83. The fraction of sp³-hybridized carbons (Fsp3) is 0.308. The highest BCUT2D eigenvalue weighted by Gasteiger charge is 2.22. The van der Waals surface area contributed by atoms with Crippen LogP contribution in [0.15, 0.2) is 22.5 Å². The quantitative estimate of drug-likeness (QED) is 0.690. The number of hydrogen-bond donors (Lipinski definition) is 2. The van der Waals surface area contributed by atoms with E-state index in [1.54, 1.807) is 23.1 Å². The van der Waals surface area contributed by atoms with Crippen LogP contribution in [0.1, 0.15) is 18.7 Å². The maximum atomic E-state index is 5.97. The van der Waals surface area contributed by atoms with Gasteiger partial charge in [0.15, 0.2) is 4.34 Å². The molecular weight excluding hydrogens is 326 g/mol. The molecule has 1 aromatic carbocycles. The van der Waals surface area contributed by atoms with E-state index in [0.29, 0.717) is 11.1 Å². The zero-order chi connectivity index (χ0) is 14.2. The molecule has 0 amide bonds. The Morgan fingerprint density at radius 1 is 1.38 bits per heavy atom. The SMILES string of the molecule is Clc1ccc2nc(CSc3nnc(NC4CC4)s3)[nH]c2c1. The Bertz CT molecular complexity index is 780. The number of imidazole rings is 1. The van der Waals surface area contributed by atoms with E-state index in [1.165, 1.54) is 12.8 Å². The van der Waals surface area contributed by atoms with Crippen LogP contribution in [0, 0.1) is 0 Å². The molecule has 1 saturated carbocycles. The smallest absolute Gasteiger partial charge is 0.206 e. The average Bonchev–Trinajstić information content (AvgIpc) is 3.01. The van der Waals surface area contributed by atoms with Gasteiger partial charge in [-0.1, -0.05) is 34.7 Å². The van der Waals surface area contributed by atoms with Crippen LogP contribution in [-0.2, 0) is 5.75 Å². The van der Waals surface area contributed by atoms with Crippen LogP contribution in [0.2, 0.25) is 5.02 Å². The molecule has 108 valence electrons. The minimum Gasteiger partial charge on any atom is -0.357 e. The predicted molar refractivity (Wildman–Crippen MR) is 87.2 cm³/mol. The van der Waals surface area contributed by atoms with Gasteiger partial charge < -0.3 is 10.3 Å². The lowest BCUT2D eigenvalue weighted by atomic mass is 10.3. The van der Waals surface area contributed by atoms with Crippen molar-refractivity contribution < 1.29 is 0 Å². The first-order valence-corrected chi connectivity index (χ1v) is 8.81. The van der Waals surface area contributed by atoms with Crippen molar-refractivity contribution in [1.82, 2.24) is 20.2 Å². The number of H-pyrrole nitrogens is 1. The number of halogens is 1. The lowest BCUT2D eigenvalue weighted by molar-refractivity contribution is 0.993. The molecule has 0 saturated heterocycles. The summed E-state index contributed by atoms with van der Waals surface area (Å²) in [6, 6.07) is 6.27. The van der Waals surface area contributed by atoms with Crippen molar-refractivity contribution in [3.05, 3.63) is 29.0 Å². The van der Waals surface area contributed by atoms with Gasteiger partial charge in [-0.3, -0.25) is 0 Å². The molecule has 1 fully saturated rings. The van der Waals surface area contributed by atoms with Crippen LogP contribution < -0.4 is 5.32 Å². The maximum Gasteiger partial charge on any atom is 0.206 e. The van der Waals surface area contributed by atoms with Crippen LogP contribution >= 0.6 is 34.7 Å². The molecular formula is C13H12ClN5S2. The van der Waals surface area contributed by atoms with Crippen LogP contribution in [-0.4, -0.2) is 26.2 Å². The normalized spacial score (nSPS) is 14.7. The number of benzene rings is 1. The number of hydrogen-bond acceptors (Lipinski definition) is 6. The summed E-state index contributed by atoms with van der Waals surface area (Å²) in [7, 11) is 0. The molecule has 2 heterocycles. The summed E-state index contributed by atoms with van der Waals surface area (Å²) in [4.78, 5) is 7.82. The van der Waals surface area contributed by atoms with E-state index < -0.39 is 0 Å². The van der Waals surface area contributed by atoms with Gasteiger partial charge in [0.1, 0.15) is 5.82 Å². The first-order chi connectivity index (χ1) is 10.3. The summed E-state index contributed by atoms with van der Waals surface area (Å²) in [5, 5.41) is 13.3. The summed E-state index contributed by atoms with van der Waals surface area (Å²) >= 11 is 9.21. The van der Waals surface area contributed by atoms with E-state index in [0.717, 1.165) is 32.1 Å². The van der Waals surface area contributed by atoms with Crippen molar-refractivity contribution in [1.29, 1.82) is 0 Å². The van der Waals surface area contributed by atoms with E-state index in [4.69, 9.17) is 11.6 Å². The van der Waals surface area contributed by atoms with Crippen LogP contribution in [0.5, 0.6) is 0 Å². The number of nitrogens with zero attached hydrogens (tertiary/aromatic N) is 3. The predicted octanol–water partition coefficient (Wildman–Crippen LogP) is 3.93. The second kappa shape index (κ2) is 5.47. The van der Waals surface area contributed by atoms with Gasteiger partial charge in [-0.15, -0.1) is 10.2 Å². The molecule has 0 bridgehead atoms. The number of aromatic nitrogens is 4. The Kier molecular flexibility index (Phi) is 3.48. The Morgan fingerprint density at radius 2 is 2.29 bits per heavy atom.